The minimum Gasteiger partial charge on any atom is -0.480 e. The number of rotatable bonds is 8. The number of nitrogens with one attached hydrogen (secondary N) is 2. The van der Waals surface area contributed by atoms with Crippen molar-refractivity contribution < 1.29 is 24.3 Å². The maximum atomic E-state index is 12.1. The van der Waals surface area contributed by atoms with Crippen LogP contribution in [0.15, 0.2) is 35.9 Å². The summed E-state index contributed by atoms with van der Waals surface area (Å²) in [5.74, 6) is -2.32. The minimum atomic E-state index is -1.11. The summed E-state index contributed by atoms with van der Waals surface area (Å²) in [4.78, 5) is 46.2. The molecule has 0 heterocycles. The quantitative estimate of drug-likeness (QED) is 0.493. The van der Waals surface area contributed by atoms with Crippen LogP contribution in [0, 0.1) is 0 Å². The molecule has 1 atom stereocenters. The van der Waals surface area contributed by atoms with Crippen molar-refractivity contribution in [2.75, 3.05) is 5.32 Å². The van der Waals surface area contributed by atoms with E-state index in [1.54, 1.807) is 24.3 Å². The first-order valence-corrected chi connectivity index (χ1v) is 7.88. The standard InChI is InChI=1S/C18H22N2O5/c1-4-5-15(18(24)25)20-16(22)10-11(2)17(23)19-14-8-6-13(7-9-14)12(3)21/h6-10,15H,4-5H2,1-3H3,(H,19,23)(H,20,22)(H,24,25)/b11-10-. The summed E-state index contributed by atoms with van der Waals surface area (Å²) in [6, 6.07) is 5.37. The van der Waals surface area contributed by atoms with Gasteiger partial charge in [0, 0.05) is 22.9 Å². The maximum Gasteiger partial charge on any atom is 0.326 e. The van der Waals surface area contributed by atoms with E-state index in [4.69, 9.17) is 5.11 Å². The third-order valence-corrected chi connectivity index (χ3v) is 3.45. The molecule has 134 valence electrons. The third kappa shape index (κ3) is 6.58. The van der Waals surface area contributed by atoms with E-state index in [-0.39, 0.29) is 11.4 Å². The normalized spacial score (nSPS) is 12.2. The van der Waals surface area contributed by atoms with Crippen LogP contribution in [0.25, 0.3) is 0 Å². The van der Waals surface area contributed by atoms with Crippen LogP contribution in [0.4, 0.5) is 5.69 Å². The van der Waals surface area contributed by atoms with Gasteiger partial charge in [-0.15, -0.1) is 0 Å². The summed E-state index contributed by atoms with van der Waals surface area (Å²) in [7, 11) is 0. The van der Waals surface area contributed by atoms with Crippen molar-refractivity contribution in [2.24, 2.45) is 0 Å². The lowest BCUT2D eigenvalue weighted by molar-refractivity contribution is -0.141. The van der Waals surface area contributed by atoms with Gasteiger partial charge in [-0.1, -0.05) is 13.3 Å². The number of hydrogen-bond donors (Lipinski definition) is 3. The molecule has 0 bridgehead atoms. The molecule has 0 aliphatic heterocycles. The summed E-state index contributed by atoms with van der Waals surface area (Å²) >= 11 is 0. The monoisotopic (exact) mass is 346 g/mol. The highest BCUT2D eigenvalue weighted by molar-refractivity contribution is 6.07. The van der Waals surface area contributed by atoms with Crippen LogP contribution in [-0.4, -0.2) is 34.7 Å². The molecule has 0 spiro atoms. The number of anilines is 1. The van der Waals surface area contributed by atoms with Crippen LogP contribution < -0.4 is 10.6 Å². The van der Waals surface area contributed by atoms with Crippen molar-refractivity contribution in [1.29, 1.82) is 0 Å². The fourth-order valence-electron chi connectivity index (χ4n) is 2.04. The Morgan fingerprint density at radius 3 is 2.20 bits per heavy atom. The number of ketones is 1. The lowest BCUT2D eigenvalue weighted by Crippen LogP contribution is -2.40. The Kier molecular flexibility index (Phi) is 7.52. The van der Waals surface area contributed by atoms with Gasteiger partial charge in [0.2, 0.25) is 5.91 Å². The van der Waals surface area contributed by atoms with E-state index in [0.717, 1.165) is 6.08 Å². The smallest absolute Gasteiger partial charge is 0.326 e. The van der Waals surface area contributed by atoms with Gasteiger partial charge in [0.25, 0.3) is 5.91 Å². The first-order chi connectivity index (χ1) is 11.7. The third-order valence-electron chi connectivity index (χ3n) is 3.45. The van der Waals surface area contributed by atoms with E-state index in [9.17, 15) is 19.2 Å². The second-order valence-electron chi connectivity index (χ2n) is 5.60. The molecule has 0 aliphatic rings. The predicted octanol–water partition coefficient (Wildman–Crippen LogP) is 2.14. The fraction of sp³-hybridized carbons (Fsp3) is 0.333. The van der Waals surface area contributed by atoms with E-state index in [2.05, 4.69) is 10.6 Å². The van der Waals surface area contributed by atoms with Crippen LogP contribution in [-0.2, 0) is 14.4 Å². The average molecular weight is 346 g/mol. The van der Waals surface area contributed by atoms with Crippen LogP contribution in [0.5, 0.6) is 0 Å². The molecule has 1 unspecified atom stereocenters. The Labute approximate surface area is 146 Å². The van der Waals surface area contributed by atoms with Crippen molar-refractivity contribution in [2.45, 2.75) is 39.7 Å². The number of carboxylic acid groups (broad SMARTS) is 1. The highest BCUT2D eigenvalue weighted by Gasteiger charge is 2.18. The molecule has 7 nitrogen and oxygen atoms in total. The van der Waals surface area contributed by atoms with Crippen molar-refractivity contribution >= 4 is 29.3 Å². The molecule has 3 N–H and O–H groups in total. The van der Waals surface area contributed by atoms with Crippen molar-refractivity contribution in [3.8, 4) is 0 Å². The van der Waals surface area contributed by atoms with Gasteiger partial charge in [-0.3, -0.25) is 14.4 Å². The van der Waals surface area contributed by atoms with E-state index >= 15 is 0 Å². The molecular formula is C18H22N2O5. The highest BCUT2D eigenvalue weighted by Crippen LogP contribution is 2.11. The van der Waals surface area contributed by atoms with Gasteiger partial charge < -0.3 is 15.7 Å². The Morgan fingerprint density at radius 2 is 1.72 bits per heavy atom. The van der Waals surface area contributed by atoms with Gasteiger partial charge in [-0.2, -0.15) is 0 Å². The SMILES string of the molecule is CCCC(NC(=O)/C=C(/C)C(=O)Nc1ccc(C(C)=O)cc1)C(=O)O. The molecule has 25 heavy (non-hydrogen) atoms. The van der Waals surface area contributed by atoms with Crippen LogP contribution in [0.2, 0.25) is 0 Å². The molecule has 0 aromatic heterocycles. The number of carbonyl (C=O) groups excluding carboxylic acids is 3. The number of carbonyl (C=O) groups is 4. The largest absolute Gasteiger partial charge is 0.480 e. The summed E-state index contributed by atoms with van der Waals surface area (Å²) in [6.07, 6.45) is 1.98. The molecule has 1 aromatic rings. The first-order valence-electron chi connectivity index (χ1n) is 7.88. The van der Waals surface area contributed by atoms with Gasteiger partial charge in [-0.25, -0.2) is 4.79 Å². The molecule has 0 fully saturated rings. The number of Topliss-reactive ketones (excluding diaryl/α,β-unsaturated/α-hetero) is 1. The lowest BCUT2D eigenvalue weighted by Gasteiger charge is -2.12. The lowest BCUT2D eigenvalue weighted by atomic mass is 10.1. The zero-order valence-electron chi connectivity index (χ0n) is 14.5. The van der Waals surface area contributed by atoms with Gasteiger partial charge in [0.1, 0.15) is 6.04 Å². The summed E-state index contributed by atoms with van der Waals surface area (Å²) in [6.45, 7) is 4.71. The first kappa shape index (κ1) is 20.1. The highest BCUT2D eigenvalue weighted by atomic mass is 16.4. The van der Waals surface area contributed by atoms with Crippen molar-refractivity contribution in [1.82, 2.24) is 5.32 Å². The molecule has 0 radical (unpaired) electrons. The molecule has 0 saturated heterocycles. The van der Waals surface area contributed by atoms with E-state index in [0.29, 0.717) is 24.1 Å². The molecule has 0 saturated carbocycles. The van der Waals surface area contributed by atoms with Crippen molar-refractivity contribution in [3.05, 3.63) is 41.5 Å². The van der Waals surface area contributed by atoms with E-state index in [1.165, 1.54) is 13.8 Å². The van der Waals surface area contributed by atoms with Crippen LogP contribution in [0.3, 0.4) is 0 Å². The minimum absolute atomic E-state index is 0.0781. The zero-order valence-corrected chi connectivity index (χ0v) is 14.5. The second-order valence-corrected chi connectivity index (χ2v) is 5.60. The number of aliphatic carboxylic acids is 1. The fourth-order valence-corrected chi connectivity index (χ4v) is 2.04. The number of amides is 2. The van der Waals surface area contributed by atoms with Gasteiger partial charge in [-0.05, 0) is 44.5 Å². The molecule has 7 heteroatoms. The predicted molar refractivity (Wildman–Crippen MR) is 93.3 cm³/mol. The van der Waals surface area contributed by atoms with Crippen molar-refractivity contribution in [3.63, 3.8) is 0 Å². The second kappa shape index (κ2) is 9.36. The molecule has 1 rings (SSSR count). The average Bonchev–Trinajstić information content (AvgIpc) is 2.54. The van der Waals surface area contributed by atoms with Crippen LogP contribution in [0.1, 0.15) is 44.0 Å². The topological polar surface area (TPSA) is 113 Å². The number of hydrogen-bond acceptors (Lipinski definition) is 4. The summed E-state index contributed by atoms with van der Waals surface area (Å²) < 4.78 is 0. The van der Waals surface area contributed by atoms with Crippen LogP contribution >= 0.6 is 0 Å². The Hall–Kier alpha value is -2.96. The molecule has 0 aliphatic carbocycles. The maximum absolute atomic E-state index is 12.1. The van der Waals surface area contributed by atoms with Gasteiger partial charge >= 0.3 is 5.97 Å². The van der Waals surface area contributed by atoms with E-state index in [1.807, 2.05) is 6.92 Å². The number of benzene rings is 1. The molecule has 1 aromatic carbocycles. The van der Waals surface area contributed by atoms with E-state index < -0.39 is 23.8 Å². The Morgan fingerprint density at radius 1 is 1.12 bits per heavy atom. The Balaban J connectivity index is 2.70. The van der Waals surface area contributed by atoms with Gasteiger partial charge in [0.05, 0.1) is 0 Å². The zero-order chi connectivity index (χ0) is 19.0. The summed E-state index contributed by atoms with van der Waals surface area (Å²) in [5, 5.41) is 14.0. The molecular weight excluding hydrogens is 324 g/mol. The summed E-state index contributed by atoms with van der Waals surface area (Å²) in [5.41, 5.74) is 1.15. The number of carboxylic acids is 1. The van der Waals surface area contributed by atoms with Gasteiger partial charge in [0.15, 0.2) is 5.78 Å². The Bertz CT molecular complexity index is 692. The molecule has 2 amide bonds.